The van der Waals surface area contributed by atoms with E-state index in [9.17, 15) is 9.59 Å². The Bertz CT molecular complexity index is 1200. The van der Waals surface area contributed by atoms with E-state index >= 15 is 0 Å². The first kappa shape index (κ1) is 23.7. The van der Waals surface area contributed by atoms with Gasteiger partial charge in [-0.25, -0.2) is 4.98 Å². The lowest BCUT2D eigenvalue weighted by Gasteiger charge is -2.12. The molecule has 1 heterocycles. The molecule has 9 heteroatoms. The van der Waals surface area contributed by atoms with Gasteiger partial charge in [-0.3, -0.25) is 14.2 Å². The van der Waals surface area contributed by atoms with Crippen LogP contribution in [0.3, 0.4) is 0 Å². The summed E-state index contributed by atoms with van der Waals surface area (Å²) < 4.78 is 12.0. The Balaban J connectivity index is 1.63. The number of halogens is 1. The van der Waals surface area contributed by atoms with Crippen LogP contribution < -0.4 is 20.3 Å². The first-order valence-corrected chi connectivity index (χ1v) is 11.2. The summed E-state index contributed by atoms with van der Waals surface area (Å²) in [6.45, 7) is 4.47. The van der Waals surface area contributed by atoms with Gasteiger partial charge in [-0.05, 0) is 42.3 Å². The molecule has 2 aromatic carbocycles. The molecule has 3 rings (SSSR count). The molecule has 7 nitrogen and oxygen atoms in total. The van der Waals surface area contributed by atoms with Crippen molar-refractivity contribution in [3.8, 4) is 11.5 Å². The van der Waals surface area contributed by atoms with Gasteiger partial charge in [-0.1, -0.05) is 35.5 Å². The van der Waals surface area contributed by atoms with Crippen molar-refractivity contribution in [1.29, 1.82) is 0 Å². The minimum Gasteiger partial charge on any atom is -0.493 e. The van der Waals surface area contributed by atoms with Gasteiger partial charge in [0.15, 0.2) is 16.7 Å². The lowest BCUT2D eigenvalue weighted by atomic mass is 10.1. The summed E-state index contributed by atoms with van der Waals surface area (Å²) in [7, 11) is 3.17. The second-order valence-electron chi connectivity index (χ2n) is 6.84. The highest BCUT2D eigenvalue weighted by Crippen LogP contribution is 2.27. The zero-order valence-electron chi connectivity index (χ0n) is 17.9. The van der Waals surface area contributed by atoms with Gasteiger partial charge in [0.05, 0.1) is 30.9 Å². The summed E-state index contributed by atoms with van der Waals surface area (Å²) in [4.78, 5) is 29.7. The van der Waals surface area contributed by atoms with E-state index < -0.39 is 0 Å². The van der Waals surface area contributed by atoms with Crippen molar-refractivity contribution in [1.82, 2.24) is 14.9 Å². The molecule has 1 aromatic heterocycles. The molecule has 0 bridgehead atoms. The molecule has 32 heavy (non-hydrogen) atoms. The summed E-state index contributed by atoms with van der Waals surface area (Å²) in [5.41, 5.74) is 1.32. The third-order valence-electron chi connectivity index (χ3n) is 4.71. The highest BCUT2D eigenvalue weighted by Gasteiger charge is 2.13. The van der Waals surface area contributed by atoms with Crippen molar-refractivity contribution >= 4 is 40.2 Å². The van der Waals surface area contributed by atoms with Crippen LogP contribution in [0.1, 0.15) is 5.56 Å². The highest BCUT2D eigenvalue weighted by atomic mass is 35.5. The zero-order chi connectivity index (χ0) is 23.1. The molecule has 0 aliphatic heterocycles. The van der Waals surface area contributed by atoms with E-state index in [0.29, 0.717) is 52.1 Å². The third-order valence-corrected chi connectivity index (χ3v) is 5.92. The zero-order valence-corrected chi connectivity index (χ0v) is 19.5. The molecule has 0 radical (unpaired) electrons. The number of thioether (sulfide) groups is 1. The van der Waals surface area contributed by atoms with Crippen LogP contribution >= 0.6 is 23.4 Å². The minimum absolute atomic E-state index is 0.127. The van der Waals surface area contributed by atoms with Crippen LogP contribution in [-0.2, 0) is 17.8 Å². The Morgan fingerprint density at radius 3 is 2.72 bits per heavy atom. The molecule has 0 saturated heterocycles. The number of allylic oxidation sites excluding steroid dienone is 1. The van der Waals surface area contributed by atoms with Crippen molar-refractivity contribution in [3.63, 3.8) is 0 Å². The van der Waals surface area contributed by atoms with Crippen molar-refractivity contribution < 1.29 is 14.3 Å². The van der Waals surface area contributed by atoms with Crippen LogP contribution in [0.4, 0.5) is 0 Å². The Labute approximate surface area is 195 Å². The third kappa shape index (κ3) is 5.63. The molecule has 168 valence electrons. The molecular weight excluding hydrogens is 450 g/mol. The average Bonchev–Trinajstić information content (AvgIpc) is 2.79. The Morgan fingerprint density at radius 2 is 2.00 bits per heavy atom. The van der Waals surface area contributed by atoms with E-state index in [2.05, 4.69) is 16.9 Å². The molecule has 0 saturated carbocycles. The fourth-order valence-electron chi connectivity index (χ4n) is 3.14. The predicted octanol–water partition coefficient (Wildman–Crippen LogP) is 3.70. The molecule has 0 aliphatic carbocycles. The van der Waals surface area contributed by atoms with Crippen LogP contribution in [-0.4, -0.2) is 42.0 Å². The van der Waals surface area contributed by atoms with E-state index in [0.717, 1.165) is 5.56 Å². The number of hydrogen-bond acceptors (Lipinski definition) is 6. The van der Waals surface area contributed by atoms with Gasteiger partial charge in [-0.15, -0.1) is 6.58 Å². The van der Waals surface area contributed by atoms with Crippen LogP contribution in [0.15, 0.2) is 59.0 Å². The van der Waals surface area contributed by atoms with E-state index in [-0.39, 0.29) is 17.2 Å². The number of carbonyl (C=O) groups excluding carboxylic acids is 1. The summed E-state index contributed by atoms with van der Waals surface area (Å²) in [6.07, 6.45) is 2.27. The molecular formula is C23H24ClN3O4S. The Hall–Kier alpha value is -2.97. The first-order chi connectivity index (χ1) is 15.5. The maximum atomic E-state index is 12.8. The normalized spacial score (nSPS) is 10.7. The van der Waals surface area contributed by atoms with E-state index in [1.54, 1.807) is 38.5 Å². The highest BCUT2D eigenvalue weighted by molar-refractivity contribution is 7.99. The Morgan fingerprint density at radius 1 is 1.22 bits per heavy atom. The van der Waals surface area contributed by atoms with Crippen LogP contribution in [0.2, 0.25) is 5.02 Å². The summed E-state index contributed by atoms with van der Waals surface area (Å²) >= 11 is 7.24. The molecule has 1 amide bonds. The van der Waals surface area contributed by atoms with Crippen molar-refractivity contribution in [2.24, 2.45) is 0 Å². The van der Waals surface area contributed by atoms with E-state index in [4.69, 9.17) is 21.1 Å². The number of ether oxygens (including phenoxy) is 2. The lowest BCUT2D eigenvalue weighted by Crippen LogP contribution is -2.28. The SMILES string of the molecule is C=CCn1c(SCC(=O)NCCc2ccc(OC)c(OC)c2)nc2cc(Cl)ccc2c1=O. The van der Waals surface area contributed by atoms with Crippen molar-refractivity contribution in [2.75, 3.05) is 26.5 Å². The van der Waals surface area contributed by atoms with Gasteiger partial charge in [-0.2, -0.15) is 0 Å². The molecule has 0 fully saturated rings. The molecule has 3 aromatic rings. The number of methoxy groups -OCH3 is 2. The monoisotopic (exact) mass is 473 g/mol. The number of aromatic nitrogens is 2. The number of benzene rings is 2. The molecule has 1 N–H and O–H groups in total. The summed E-state index contributed by atoms with van der Waals surface area (Å²) in [5.74, 6) is 1.28. The quantitative estimate of drug-likeness (QED) is 0.274. The van der Waals surface area contributed by atoms with Crippen LogP contribution in [0, 0.1) is 0 Å². The largest absolute Gasteiger partial charge is 0.493 e. The number of nitrogens with one attached hydrogen (secondary N) is 1. The lowest BCUT2D eigenvalue weighted by molar-refractivity contribution is -0.118. The second-order valence-corrected chi connectivity index (χ2v) is 8.22. The molecule has 0 atom stereocenters. The standard InChI is InChI=1S/C23H24ClN3O4S/c1-4-11-27-22(29)17-7-6-16(24)13-18(17)26-23(27)32-14-21(28)25-10-9-15-5-8-19(30-2)20(12-15)31-3/h4-8,12-13H,1,9-11,14H2,2-3H3,(H,25,28). The van der Waals surface area contributed by atoms with Crippen molar-refractivity contribution in [2.45, 2.75) is 18.1 Å². The minimum atomic E-state index is -0.192. The maximum Gasteiger partial charge on any atom is 0.262 e. The number of nitrogens with zero attached hydrogens (tertiary/aromatic N) is 2. The van der Waals surface area contributed by atoms with Gasteiger partial charge in [0.25, 0.3) is 5.56 Å². The first-order valence-electron chi connectivity index (χ1n) is 9.88. The van der Waals surface area contributed by atoms with Gasteiger partial charge in [0.2, 0.25) is 5.91 Å². The van der Waals surface area contributed by atoms with Gasteiger partial charge >= 0.3 is 0 Å². The fraction of sp³-hybridized carbons (Fsp3) is 0.261. The smallest absolute Gasteiger partial charge is 0.262 e. The van der Waals surface area contributed by atoms with Crippen LogP contribution in [0.5, 0.6) is 11.5 Å². The topological polar surface area (TPSA) is 82.5 Å². The van der Waals surface area contributed by atoms with E-state index in [1.807, 2.05) is 18.2 Å². The number of carbonyl (C=O) groups is 1. The summed E-state index contributed by atoms with van der Waals surface area (Å²) in [5, 5.41) is 4.30. The molecule has 0 aliphatic rings. The molecule has 0 spiro atoms. The van der Waals surface area contributed by atoms with Gasteiger partial charge in [0, 0.05) is 18.1 Å². The molecule has 0 unspecified atom stereocenters. The van der Waals surface area contributed by atoms with Crippen LogP contribution in [0.25, 0.3) is 10.9 Å². The number of rotatable bonds is 10. The van der Waals surface area contributed by atoms with Crippen molar-refractivity contribution in [3.05, 3.63) is 70.0 Å². The number of amides is 1. The van der Waals surface area contributed by atoms with E-state index in [1.165, 1.54) is 16.3 Å². The second kappa shape index (κ2) is 11.1. The average molecular weight is 474 g/mol. The number of hydrogen-bond donors (Lipinski definition) is 1. The van der Waals surface area contributed by atoms with Gasteiger partial charge < -0.3 is 14.8 Å². The fourth-order valence-corrected chi connectivity index (χ4v) is 4.14. The maximum absolute atomic E-state index is 12.8. The summed E-state index contributed by atoms with van der Waals surface area (Å²) in [6, 6.07) is 10.6. The Kier molecular flexibility index (Phi) is 8.19. The van der Waals surface area contributed by atoms with Gasteiger partial charge in [0.1, 0.15) is 0 Å². The number of fused-ring (bicyclic) bond motifs is 1. The predicted molar refractivity (Wildman–Crippen MR) is 128 cm³/mol.